The molecule has 2 rings (SSSR count). The molecular formula is C11H9NO5S. The molecule has 94 valence electrons. The Hall–Kier alpha value is -2.15. The number of fused-ring (bicyclic) bond motifs is 1. The first-order chi connectivity index (χ1) is 8.54. The van der Waals surface area contributed by atoms with Crippen LogP contribution in [0.25, 0.3) is 10.1 Å². The van der Waals surface area contributed by atoms with Gasteiger partial charge in [-0.2, -0.15) is 0 Å². The van der Waals surface area contributed by atoms with E-state index in [1.807, 2.05) is 0 Å². The van der Waals surface area contributed by atoms with E-state index in [1.54, 1.807) is 6.92 Å². The lowest BCUT2D eigenvalue weighted by atomic mass is 10.2. The van der Waals surface area contributed by atoms with Crippen molar-refractivity contribution in [1.29, 1.82) is 0 Å². The first-order valence-electron chi connectivity index (χ1n) is 5.11. The summed E-state index contributed by atoms with van der Waals surface area (Å²) in [4.78, 5) is 21.3. The average Bonchev–Trinajstić information content (AvgIpc) is 2.68. The van der Waals surface area contributed by atoms with E-state index in [9.17, 15) is 14.9 Å². The molecule has 0 bridgehead atoms. The van der Waals surface area contributed by atoms with E-state index in [0.29, 0.717) is 16.7 Å². The second-order valence-corrected chi connectivity index (χ2v) is 4.49. The molecule has 0 saturated heterocycles. The summed E-state index contributed by atoms with van der Waals surface area (Å²) in [5.74, 6) is -0.893. The van der Waals surface area contributed by atoms with Gasteiger partial charge in [0.15, 0.2) is 10.6 Å². The maximum Gasteiger partial charge on any atom is 0.349 e. The minimum absolute atomic E-state index is 0.0624. The number of hydrogen-bond donors (Lipinski definition) is 1. The van der Waals surface area contributed by atoms with Crippen LogP contribution >= 0.6 is 11.3 Å². The van der Waals surface area contributed by atoms with E-state index >= 15 is 0 Å². The Kier molecular flexibility index (Phi) is 3.15. The smallest absolute Gasteiger partial charge is 0.349 e. The number of carbonyl (C=O) groups is 1. The lowest BCUT2D eigenvalue weighted by Crippen LogP contribution is -1.99. The van der Waals surface area contributed by atoms with Crippen LogP contribution in [0.4, 0.5) is 5.69 Å². The number of nitro groups is 1. The van der Waals surface area contributed by atoms with Crippen molar-refractivity contribution < 1.29 is 19.6 Å². The van der Waals surface area contributed by atoms with Crippen molar-refractivity contribution in [2.75, 3.05) is 6.61 Å². The maximum absolute atomic E-state index is 11.1. The van der Waals surface area contributed by atoms with E-state index in [-0.39, 0.29) is 16.3 Å². The zero-order valence-corrected chi connectivity index (χ0v) is 10.2. The van der Waals surface area contributed by atoms with Gasteiger partial charge in [0.05, 0.1) is 11.5 Å². The molecule has 18 heavy (non-hydrogen) atoms. The highest BCUT2D eigenvalue weighted by Crippen LogP contribution is 2.39. The van der Waals surface area contributed by atoms with Gasteiger partial charge in [-0.3, -0.25) is 10.1 Å². The Morgan fingerprint density at radius 2 is 2.28 bits per heavy atom. The van der Waals surface area contributed by atoms with E-state index in [2.05, 4.69) is 0 Å². The molecule has 0 saturated carbocycles. The zero-order chi connectivity index (χ0) is 13.3. The van der Waals surface area contributed by atoms with Crippen LogP contribution < -0.4 is 4.74 Å². The Bertz CT molecular complexity index is 634. The number of carboxylic acids is 1. The lowest BCUT2D eigenvalue weighted by molar-refractivity contribution is -0.384. The summed E-state index contributed by atoms with van der Waals surface area (Å²) in [6, 6.07) is 4.22. The SMILES string of the molecule is CCOc1c(C(=O)O)sc2ccc([N+](=O)[O-])cc12. The highest BCUT2D eigenvalue weighted by Gasteiger charge is 2.21. The summed E-state index contributed by atoms with van der Waals surface area (Å²) in [5.41, 5.74) is -0.0850. The molecule has 1 aromatic carbocycles. The number of carboxylic acid groups (broad SMARTS) is 1. The summed E-state index contributed by atoms with van der Waals surface area (Å²) in [7, 11) is 0. The number of nitrogens with zero attached hydrogens (tertiary/aromatic N) is 1. The van der Waals surface area contributed by atoms with Gasteiger partial charge in [0, 0.05) is 22.2 Å². The molecule has 1 aromatic heterocycles. The van der Waals surface area contributed by atoms with Gasteiger partial charge in [-0.05, 0) is 13.0 Å². The molecule has 0 amide bonds. The Labute approximate surface area is 106 Å². The molecular weight excluding hydrogens is 258 g/mol. The van der Waals surface area contributed by atoms with Crippen molar-refractivity contribution in [3.63, 3.8) is 0 Å². The molecule has 0 atom stereocenters. The predicted molar refractivity (Wildman–Crippen MR) is 66.6 cm³/mol. The number of hydrogen-bond acceptors (Lipinski definition) is 5. The summed E-state index contributed by atoms with van der Waals surface area (Å²) in [6.45, 7) is 2.03. The zero-order valence-electron chi connectivity index (χ0n) is 9.37. The number of nitro benzene ring substituents is 1. The van der Waals surface area contributed by atoms with Crippen LogP contribution in [-0.2, 0) is 0 Å². The fourth-order valence-corrected chi connectivity index (χ4v) is 2.57. The van der Waals surface area contributed by atoms with Crippen molar-refractivity contribution >= 4 is 33.1 Å². The first kappa shape index (κ1) is 12.3. The van der Waals surface area contributed by atoms with Gasteiger partial charge in [-0.15, -0.1) is 11.3 Å². The second kappa shape index (κ2) is 4.61. The van der Waals surface area contributed by atoms with Gasteiger partial charge in [0.2, 0.25) is 0 Å². The van der Waals surface area contributed by atoms with Crippen LogP contribution in [0.1, 0.15) is 16.6 Å². The van der Waals surface area contributed by atoms with Gasteiger partial charge in [-0.25, -0.2) is 4.79 Å². The fourth-order valence-electron chi connectivity index (χ4n) is 1.61. The molecule has 0 radical (unpaired) electrons. The largest absolute Gasteiger partial charge is 0.491 e. The van der Waals surface area contributed by atoms with Gasteiger partial charge >= 0.3 is 5.97 Å². The van der Waals surface area contributed by atoms with Crippen LogP contribution in [0.15, 0.2) is 18.2 Å². The summed E-state index contributed by atoms with van der Waals surface area (Å²) >= 11 is 1.05. The number of non-ortho nitro benzene ring substituents is 1. The highest BCUT2D eigenvalue weighted by molar-refractivity contribution is 7.21. The average molecular weight is 267 g/mol. The number of thiophene rings is 1. The number of ether oxygens (including phenoxy) is 1. The lowest BCUT2D eigenvalue weighted by Gasteiger charge is -2.02. The topological polar surface area (TPSA) is 89.7 Å². The van der Waals surface area contributed by atoms with Crippen LogP contribution in [0.5, 0.6) is 5.75 Å². The second-order valence-electron chi connectivity index (χ2n) is 3.44. The molecule has 0 aliphatic heterocycles. The summed E-state index contributed by atoms with van der Waals surface area (Å²) < 4.78 is 5.95. The van der Waals surface area contributed by atoms with E-state index < -0.39 is 10.9 Å². The van der Waals surface area contributed by atoms with Crippen LogP contribution in [0.2, 0.25) is 0 Å². The molecule has 1 heterocycles. The Morgan fingerprint density at radius 3 is 2.83 bits per heavy atom. The van der Waals surface area contributed by atoms with Gasteiger partial charge < -0.3 is 9.84 Å². The Morgan fingerprint density at radius 1 is 1.56 bits per heavy atom. The van der Waals surface area contributed by atoms with Gasteiger partial charge in [0.25, 0.3) is 5.69 Å². The predicted octanol–water partition coefficient (Wildman–Crippen LogP) is 2.91. The maximum atomic E-state index is 11.1. The van der Waals surface area contributed by atoms with E-state index in [4.69, 9.17) is 9.84 Å². The summed E-state index contributed by atoms with van der Waals surface area (Å²) in [5, 5.41) is 20.2. The van der Waals surface area contributed by atoms with Crippen molar-refractivity contribution in [3.05, 3.63) is 33.2 Å². The Balaban J connectivity index is 2.71. The number of rotatable bonds is 4. The molecule has 0 spiro atoms. The van der Waals surface area contributed by atoms with Crippen LogP contribution in [0, 0.1) is 10.1 Å². The standard InChI is InChI=1S/C11H9NO5S/c1-2-17-9-7-5-6(12(15)16)3-4-8(7)18-10(9)11(13)14/h3-5H,2H2,1H3,(H,13,14). The third-order valence-electron chi connectivity index (χ3n) is 2.32. The minimum Gasteiger partial charge on any atom is -0.491 e. The molecule has 0 aliphatic rings. The molecule has 2 aromatic rings. The molecule has 0 aliphatic carbocycles. The summed E-state index contributed by atoms with van der Waals surface area (Å²) in [6.07, 6.45) is 0. The molecule has 0 unspecified atom stereocenters. The normalized spacial score (nSPS) is 10.5. The van der Waals surface area contributed by atoms with Crippen molar-refractivity contribution in [3.8, 4) is 5.75 Å². The minimum atomic E-state index is -1.10. The third-order valence-corrected chi connectivity index (χ3v) is 3.46. The molecule has 6 nitrogen and oxygen atoms in total. The number of benzene rings is 1. The monoisotopic (exact) mass is 267 g/mol. The molecule has 7 heteroatoms. The highest BCUT2D eigenvalue weighted by atomic mass is 32.1. The molecule has 1 N–H and O–H groups in total. The third kappa shape index (κ3) is 2.00. The van der Waals surface area contributed by atoms with Gasteiger partial charge in [-0.1, -0.05) is 0 Å². The van der Waals surface area contributed by atoms with Crippen molar-refractivity contribution in [2.24, 2.45) is 0 Å². The van der Waals surface area contributed by atoms with Crippen LogP contribution in [-0.4, -0.2) is 22.6 Å². The van der Waals surface area contributed by atoms with E-state index in [1.165, 1.54) is 18.2 Å². The van der Waals surface area contributed by atoms with Crippen molar-refractivity contribution in [2.45, 2.75) is 6.92 Å². The first-order valence-corrected chi connectivity index (χ1v) is 5.93. The fraction of sp³-hybridized carbons (Fsp3) is 0.182. The number of aromatic carboxylic acids is 1. The van der Waals surface area contributed by atoms with Crippen molar-refractivity contribution in [1.82, 2.24) is 0 Å². The van der Waals surface area contributed by atoms with Gasteiger partial charge in [0.1, 0.15) is 0 Å². The molecule has 0 fully saturated rings. The van der Waals surface area contributed by atoms with E-state index in [0.717, 1.165) is 11.3 Å². The van der Waals surface area contributed by atoms with Crippen LogP contribution in [0.3, 0.4) is 0 Å². The quantitative estimate of drug-likeness (QED) is 0.679.